The molecule has 0 unspecified atom stereocenters. The minimum Gasteiger partial charge on any atom is -0.480 e. The molecule has 2 rings (SSSR count). The van der Waals surface area contributed by atoms with Gasteiger partial charge in [0, 0.05) is 6.07 Å². The molecule has 0 aliphatic heterocycles. The van der Waals surface area contributed by atoms with Crippen LogP contribution in [0.2, 0.25) is 0 Å². The van der Waals surface area contributed by atoms with Gasteiger partial charge in [-0.15, -0.1) is 5.10 Å². The molecule has 0 bridgehead atoms. The molecule has 0 spiro atoms. The number of benzene rings is 1. The van der Waals surface area contributed by atoms with Crippen molar-refractivity contribution in [2.75, 3.05) is 0 Å². The molecule has 1 aromatic heterocycles. The molecule has 2 aromatic rings. The van der Waals surface area contributed by atoms with Crippen LogP contribution in [0.25, 0.3) is 0 Å². The Morgan fingerprint density at radius 2 is 2.30 bits per heavy atom. The lowest BCUT2D eigenvalue weighted by atomic mass is 10.3. The summed E-state index contributed by atoms with van der Waals surface area (Å²) < 4.78 is 14.7. The van der Waals surface area contributed by atoms with Gasteiger partial charge in [0.05, 0.1) is 15.9 Å². The lowest BCUT2D eigenvalue weighted by Crippen LogP contribution is -2.11. The van der Waals surface area contributed by atoms with E-state index >= 15 is 0 Å². The number of nitro groups is 1. The Balaban J connectivity index is 2.24. The first-order valence-electron chi connectivity index (χ1n) is 5.07. The molecule has 11 heteroatoms. The number of hydrogen-bond acceptors (Lipinski definition) is 7. The number of carboxylic acids is 1. The second-order valence-electron chi connectivity index (χ2n) is 3.49. The zero-order valence-corrected chi connectivity index (χ0v) is 10.4. The van der Waals surface area contributed by atoms with Crippen LogP contribution in [0.3, 0.4) is 0 Å². The van der Waals surface area contributed by atoms with Crippen LogP contribution in [0.15, 0.2) is 28.3 Å². The first-order valence-corrected chi connectivity index (χ1v) is 5.89. The number of hydrogen-bond donors (Lipinski definition) is 1. The number of nitrogens with zero attached hydrogens (tertiary/aromatic N) is 5. The minimum absolute atomic E-state index is 0.0528. The lowest BCUT2D eigenvalue weighted by molar-refractivity contribution is -0.385. The summed E-state index contributed by atoms with van der Waals surface area (Å²) in [6.45, 7) is -0.468. The van der Waals surface area contributed by atoms with Crippen LogP contribution in [-0.4, -0.2) is 36.2 Å². The number of non-ortho nitro benzene ring substituents is 1. The maximum atomic E-state index is 13.7. The fourth-order valence-corrected chi connectivity index (χ4v) is 2.05. The molecule has 0 aliphatic rings. The standard InChI is InChI=1S/C9H6FN5O4S/c10-6-3-5(15(18)19)1-2-7(6)20-9-11-12-13-14(9)4-8(16)17/h1-3H,4H2,(H,16,17). The number of aromatic nitrogens is 4. The third-order valence-electron chi connectivity index (χ3n) is 2.11. The number of rotatable bonds is 5. The van der Waals surface area contributed by atoms with E-state index in [1.165, 1.54) is 6.07 Å². The first kappa shape index (κ1) is 13.9. The first-order chi connectivity index (χ1) is 9.47. The molecule has 0 saturated carbocycles. The van der Waals surface area contributed by atoms with Crippen LogP contribution >= 0.6 is 11.8 Å². The largest absolute Gasteiger partial charge is 0.480 e. The highest BCUT2D eigenvalue weighted by Gasteiger charge is 2.16. The maximum absolute atomic E-state index is 13.7. The SMILES string of the molecule is O=C(O)Cn1nnnc1Sc1ccc([N+](=O)[O-])cc1F. The van der Waals surface area contributed by atoms with E-state index in [0.29, 0.717) is 0 Å². The van der Waals surface area contributed by atoms with Crippen LogP contribution in [0.5, 0.6) is 0 Å². The second-order valence-corrected chi connectivity index (χ2v) is 4.50. The van der Waals surface area contributed by atoms with Crippen LogP contribution in [0.1, 0.15) is 0 Å². The van der Waals surface area contributed by atoms with Crippen molar-refractivity contribution in [2.24, 2.45) is 0 Å². The molecule has 0 fully saturated rings. The highest BCUT2D eigenvalue weighted by molar-refractivity contribution is 7.99. The van der Waals surface area contributed by atoms with Gasteiger partial charge in [0.2, 0.25) is 5.16 Å². The van der Waals surface area contributed by atoms with Crippen LogP contribution in [-0.2, 0) is 11.3 Å². The monoisotopic (exact) mass is 299 g/mol. The van der Waals surface area contributed by atoms with Gasteiger partial charge in [-0.1, -0.05) is 0 Å². The average molecular weight is 299 g/mol. The van der Waals surface area contributed by atoms with Crippen molar-refractivity contribution in [3.8, 4) is 0 Å². The van der Waals surface area contributed by atoms with Gasteiger partial charge in [0.25, 0.3) is 5.69 Å². The van der Waals surface area contributed by atoms with E-state index in [0.717, 1.165) is 28.6 Å². The van der Waals surface area contributed by atoms with Crippen molar-refractivity contribution >= 4 is 23.4 Å². The van der Waals surface area contributed by atoms with Crippen molar-refractivity contribution in [1.82, 2.24) is 20.2 Å². The molecule has 20 heavy (non-hydrogen) atoms. The Hall–Kier alpha value is -2.56. The Bertz CT molecular complexity index is 676. The second kappa shape index (κ2) is 5.61. The van der Waals surface area contributed by atoms with Crippen LogP contribution < -0.4 is 0 Å². The Morgan fingerprint density at radius 1 is 1.55 bits per heavy atom. The Morgan fingerprint density at radius 3 is 2.90 bits per heavy atom. The molecular formula is C9H6FN5O4S. The molecule has 1 heterocycles. The highest BCUT2D eigenvalue weighted by atomic mass is 32.2. The molecule has 0 amide bonds. The molecule has 0 radical (unpaired) electrons. The van der Waals surface area contributed by atoms with E-state index < -0.39 is 23.3 Å². The van der Waals surface area contributed by atoms with E-state index in [2.05, 4.69) is 15.5 Å². The van der Waals surface area contributed by atoms with Crippen molar-refractivity contribution in [3.05, 3.63) is 34.1 Å². The zero-order valence-electron chi connectivity index (χ0n) is 9.63. The summed E-state index contributed by atoms with van der Waals surface area (Å²) in [6.07, 6.45) is 0. The van der Waals surface area contributed by atoms with E-state index in [4.69, 9.17) is 5.11 Å². The number of aliphatic carboxylic acids is 1. The van der Waals surface area contributed by atoms with Gasteiger partial charge in [-0.05, 0) is 28.3 Å². The molecule has 0 atom stereocenters. The lowest BCUT2D eigenvalue weighted by Gasteiger charge is -2.02. The number of halogens is 1. The fraction of sp³-hybridized carbons (Fsp3) is 0.111. The summed E-state index contributed by atoms with van der Waals surface area (Å²) in [6, 6.07) is 3.11. The summed E-state index contributed by atoms with van der Waals surface area (Å²) in [5.41, 5.74) is -0.378. The van der Waals surface area contributed by atoms with Gasteiger partial charge < -0.3 is 5.11 Å². The van der Waals surface area contributed by atoms with Gasteiger partial charge >= 0.3 is 5.97 Å². The topological polar surface area (TPSA) is 124 Å². The van der Waals surface area contributed by atoms with Crippen molar-refractivity contribution in [1.29, 1.82) is 0 Å². The number of carbonyl (C=O) groups is 1. The highest BCUT2D eigenvalue weighted by Crippen LogP contribution is 2.29. The summed E-state index contributed by atoms with van der Waals surface area (Å²) in [7, 11) is 0. The Labute approximate surface area is 114 Å². The van der Waals surface area contributed by atoms with Gasteiger partial charge in [-0.25, -0.2) is 9.07 Å². The van der Waals surface area contributed by atoms with Crippen molar-refractivity contribution < 1.29 is 19.2 Å². The van der Waals surface area contributed by atoms with Crippen molar-refractivity contribution in [2.45, 2.75) is 16.6 Å². The Kier molecular flexibility index (Phi) is 3.89. The third-order valence-corrected chi connectivity index (χ3v) is 3.14. The van der Waals surface area contributed by atoms with Crippen LogP contribution in [0.4, 0.5) is 10.1 Å². The van der Waals surface area contributed by atoms with Crippen molar-refractivity contribution in [3.63, 3.8) is 0 Å². The van der Waals surface area contributed by atoms with Gasteiger partial charge in [-0.3, -0.25) is 14.9 Å². The molecule has 0 aliphatic carbocycles. The third kappa shape index (κ3) is 3.06. The summed E-state index contributed by atoms with van der Waals surface area (Å²) in [5.74, 6) is -1.96. The number of tetrazole rings is 1. The summed E-state index contributed by atoms with van der Waals surface area (Å²) >= 11 is 0.776. The molecular weight excluding hydrogens is 293 g/mol. The average Bonchev–Trinajstić information content (AvgIpc) is 2.78. The van der Waals surface area contributed by atoms with Gasteiger partial charge in [0.1, 0.15) is 12.4 Å². The minimum atomic E-state index is -1.15. The smallest absolute Gasteiger partial charge is 0.325 e. The van der Waals surface area contributed by atoms with E-state index in [1.807, 2.05) is 0 Å². The molecule has 9 nitrogen and oxygen atoms in total. The fourth-order valence-electron chi connectivity index (χ4n) is 1.28. The number of carboxylic acid groups (broad SMARTS) is 1. The maximum Gasteiger partial charge on any atom is 0.325 e. The van der Waals surface area contributed by atoms with Crippen LogP contribution in [0, 0.1) is 15.9 Å². The molecule has 104 valence electrons. The normalized spacial score (nSPS) is 10.4. The summed E-state index contributed by atoms with van der Waals surface area (Å²) in [5, 5.41) is 29.5. The molecule has 1 N–H and O–H groups in total. The molecule has 1 aromatic carbocycles. The quantitative estimate of drug-likeness (QED) is 0.639. The van der Waals surface area contributed by atoms with Gasteiger partial charge in [0.15, 0.2) is 0 Å². The summed E-state index contributed by atoms with van der Waals surface area (Å²) in [4.78, 5) is 20.4. The zero-order chi connectivity index (χ0) is 14.7. The van der Waals surface area contributed by atoms with E-state index in [9.17, 15) is 19.3 Å². The molecule has 0 saturated heterocycles. The number of nitro benzene ring substituents is 1. The predicted molar refractivity (Wildman–Crippen MR) is 62.6 cm³/mol. The predicted octanol–water partition coefficient (Wildman–Crippen LogP) is 0.956. The van der Waals surface area contributed by atoms with Gasteiger partial charge in [-0.2, -0.15) is 0 Å². The van der Waals surface area contributed by atoms with E-state index in [1.54, 1.807) is 0 Å². The van der Waals surface area contributed by atoms with E-state index in [-0.39, 0.29) is 15.7 Å².